The van der Waals surface area contributed by atoms with Crippen molar-refractivity contribution in [3.05, 3.63) is 83.9 Å². The second-order valence-electron chi connectivity index (χ2n) is 8.51. The summed E-state index contributed by atoms with van der Waals surface area (Å²) in [5, 5.41) is 9.31. The third-order valence-electron chi connectivity index (χ3n) is 6.24. The first kappa shape index (κ1) is 27.9. The van der Waals surface area contributed by atoms with Gasteiger partial charge in [0, 0.05) is 6.54 Å². The maximum Gasteiger partial charge on any atom is 0.265 e. The number of amides is 3. The number of sulfonamides is 1. The first-order valence-corrected chi connectivity index (χ1v) is 13.5. The fourth-order valence-corrected chi connectivity index (χ4v) is 5.75. The highest BCUT2D eigenvalue weighted by Crippen LogP contribution is 2.27. The summed E-state index contributed by atoms with van der Waals surface area (Å²) in [6.45, 7) is 2.13. The van der Waals surface area contributed by atoms with E-state index in [0.717, 1.165) is 23.1 Å². The van der Waals surface area contributed by atoms with E-state index < -0.39 is 33.8 Å². The quantitative estimate of drug-likeness (QED) is 0.210. The lowest BCUT2D eigenvalue weighted by molar-refractivity contribution is -0.148. The van der Waals surface area contributed by atoms with Crippen molar-refractivity contribution < 1.29 is 37.6 Å². The number of hydrogen-bond acceptors (Lipinski definition) is 8. The smallest absolute Gasteiger partial charge is 0.265 e. The van der Waals surface area contributed by atoms with Crippen molar-refractivity contribution in [1.82, 2.24) is 14.8 Å². The Morgan fingerprint density at radius 3 is 1.97 bits per heavy atom. The second kappa shape index (κ2) is 11.7. The molecule has 0 unspecified atom stereocenters. The predicted molar refractivity (Wildman–Crippen MR) is 139 cm³/mol. The van der Waals surface area contributed by atoms with E-state index in [-0.39, 0.29) is 29.0 Å². The molecule has 12 heteroatoms. The minimum atomic E-state index is -4.41. The lowest BCUT2D eigenvalue weighted by Crippen LogP contribution is -2.50. The van der Waals surface area contributed by atoms with Crippen LogP contribution in [0.1, 0.15) is 34.1 Å². The van der Waals surface area contributed by atoms with Gasteiger partial charge < -0.3 is 4.74 Å². The van der Waals surface area contributed by atoms with Crippen LogP contribution in [0.25, 0.3) is 11.1 Å². The molecule has 0 bridgehead atoms. The molecule has 4 rings (SSSR count). The summed E-state index contributed by atoms with van der Waals surface area (Å²) < 4.78 is 32.8. The molecule has 1 aliphatic heterocycles. The predicted octanol–water partition coefficient (Wildman–Crippen LogP) is 2.86. The zero-order valence-electron chi connectivity index (χ0n) is 21.2. The van der Waals surface area contributed by atoms with Crippen LogP contribution < -0.4 is 10.2 Å². The maximum atomic E-state index is 13.5. The molecule has 0 radical (unpaired) electrons. The summed E-state index contributed by atoms with van der Waals surface area (Å²) in [7, 11) is -3.35. The third-order valence-corrected chi connectivity index (χ3v) is 7.98. The molecule has 0 saturated heterocycles. The van der Waals surface area contributed by atoms with Crippen LogP contribution in [0.2, 0.25) is 0 Å². The maximum absolute atomic E-state index is 13.5. The van der Waals surface area contributed by atoms with Crippen molar-refractivity contribution in [1.29, 1.82) is 0 Å². The van der Waals surface area contributed by atoms with E-state index in [1.54, 1.807) is 24.3 Å². The number of nitrogens with one attached hydrogen (secondary N) is 1. The van der Waals surface area contributed by atoms with Gasteiger partial charge in [-0.15, -0.1) is 0 Å². The summed E-state index contributed by atoms with van der Waals surface area (Å²) in [4.78, 5) is 43.8. The van der Waals surface area contributed by atoms with E-state index in [2.05, 4.69) is 0 Å². The van der Waals surface area contributed by atoms with E-state index in [1.165, 1.54) is 29.7 Å². The summed E-state index contributed by atoms with van der Waals surface area (Å²) in [6.07, 6.45) is -0.338. The molecular weight excluding hydrogens is 526 g/mol. The average Bonchev–Trinajstić information content (AvgIpc) is 3.20. The van der Waals surface area contributed by atoms with Gasteiger partial charge in [-0.3, -0.25) is 29.3 Å². The van der Waals surface area contributed by atoms with Crippen molar-refractivity contribution >= 4 is 27.7 Å². The Bertz CT molecular complexity index is 1440. The number of rotatable bonds is 11. The first-order chi connectivity index (χ1) is 18.7. The van der Waals surface area contributed by atoms with Crippen molar-refractivity contribution in [2.24, 2.45) is 0 Å². The van der Waals surface area contributed by atoms with Gasteiger partial charge in [-0.1, -0.05) is 40.9 Å². The highest BCUT2D eigenvalue weighted by atomic mass is 32.2. The number of nitrogens with zero attached hydrogens (tertiary/aromatic N) is 2. The van der Waals surface area contributed by atoms with Gasteiger partial charge in [0.1, 0.15) is 11.8 Å². The van der Waals surface area contributed by atoms with Crippen LogP contribution in [-0.4, -0.2) is 67.0 Å². The van der Waals surface area contributed by atoms with Gasteiger partial charge in [0.15, 0.2) is 0 Å². The number of hydrogen-bond donors (Lipinski definition) is 2. The van der Waals surface area contributed by atoms with E-state index in [0.29, 0.717) is 16.8 Å². The standard InChI is InChI=1S/C27H27N3O8S/c1-3-38-20-12-8-18(9-13-20)19-10-14-21(15-11-19)39(35,36)30(37-2)24(25(31)28-34)16-17-29-26(32)22-6-4-5-7-23(22)27(29)33/h4-15,24,34H,3,16-17H2,1-2H3,(H,28,31)/t24-/m1/s1. The number of fused-ring (bicyclic) bond motifs is 1. The second-order valence-corrected chi connectivity index (χ2v) is 10.3. The molecule has 3 aromatic carbocycles. The summed E-state index contributed by atoms with van der Waals surface area (Å²) in [5.41, 5.74) is 3.46. The molecule has 0 aliphatic carbocycles. The number of carbonyl (C=O) groups is 3. The first-order valence-electron chi connectivity index (χ1n) is 12.0. The normalized spacial score (nSPS) is 13.9. The zero-order chi connectivity index (χ0) is 28.2. The molecule has 0 aromatic heterocycles. The number of hydroxylamine groups is 2. The molecule has 0 fully saturated rings. The van der Waals surface area contributed by atoms with E-state index in [1.807, 2.05) is 31.2 Å². The van der Waals surface area contributed by atoms with Crippen LogP contribution in [0.3, 0.4) is 0 Å². The lowest BCUT2D eigenvalue weighted by atomic mass is 10.1. The summed E-state index contributed by atoms with van der Waals surface area (Å²) in [5.74, 6) is -1.50. The minimum absolute atomic E-state index is 0.171. The molecule has 1 aliphatic rings. The van der Waals surface area contributed by atoms with Crippen molar-refractivity contribution in [3.8, 4) is 16.9 Å². The molecule has 0 saturated carbocycles. The number of ether oxygens (including phenoxy) is 1. The Balaban J connectivity index is 1.55. The van der Waals surface area contributed by atoms with Crippen molar-refractivity contribution in [2.75, 3.05) is 20.3 Å². The van der Waals surface area contributed by atoms with Gasteiger partial charge in [0.25, 0.3) is 27.7 Å². The lowest BCUT2D eigenvalue weighted by Gasteiger charge is -2.28. The molecule has 3 aromatic rings. The van der Waals surface area contributed by atoms with E-state index >= 15 is 0 Å². The number of imide groups is 1. The van der Waals surface area contributed by atoms with Crippen LogP contribution in [-0.2, 0) is 19.7 Å². The summed E-state index contributed by atoms with van der Waals surface area (Å²) >= 11 is 0. The van der Waals surface area contributed by atoms with Crippen molar-refractivity contribution in [2.45, 2.75) is 24.3 Å². The van der Waals surface area contributed by atoms with Crippen LogP contribution in [0.15, 0.2) is 77.7 Å². The van der Waals surface area contributed by atoms with Crippen LogP contribution >= 0.6 is 0 Å². The van der Waals surface area contributed by atoms with Gasteiger partial charge in [-0.25, -0.2) is 13.9 Å². The molecule has 39 heavy (non-hydrogen) atoms. The Hall–Kier alpha value is -4.10. The van der Waals surface area contributed by atoms with Crippen LogP contribution in [0, 0.1) is 0 Å². The SMILES string of the molecule is CCOc1ccc(-c2ccc(S(=O)(=O)N(OC)[C@H](CCN3C(=O)c4ccccc4C3=O)C(=O)NO)cc2)cc1. The van der Waals surface area contributed by atoms with Gasteiger partial charge in [0.2, 0.25) is 0 Å². The molecule has 1 heterocycles. The van der Waals surface area contributed by atoms with E-state index in [4.69, 9.17) is 9.57 Å². The van der Waals surface area contributed by atoms with Gasteiger partial charge in [-0.2, -0.15) is 0 Å². The zero-order valence-corrected chi connectivity index (χ0v) is 22.1. The monoisotopic (exact) mass is 553 g/mol. The Kier molecular flexibility index (Phi) is 8.41. The molecule has 2 N–H and O–H groups in total. The Morgan fingerprint density at radius 1 is 0.949 bits per heavy atom. The average molecular weight is 554 g/mol. The molecule has 204 valence electrons. The molecule has 3 amide bonds. The van der Waals surface area contributed by atoms with E-state index in [9.17, 15) is 28.0 Å². The Morgan fingerprint density at radius 2 is 1.49 bits per heavy atom. The fraction of sp³-hybridized carbons (Fsp3) is 0.222. The highest BCUT2D eigenvalue weighted by Gasteiger charge is 2.40. The molecule has 11 nitrogen and oxygen atoms in total. The van der Waals surface area contributed by atoms with Crippen molar-refractivity contribution in [3.63, 3.8) is 0 Å². The summed E-state index contributed by atoms with van der Waals surface area (Å²) in [6, 6.07) is 17.9. The highest BCUT2D eigenvalue weighted by molar-refractivity contribution is 7.89. The number of benzene rings is 3. The van der Waals surface area contributed by atoms with Gasteiger partial charge in [-0.05, 0) is 60.9 Å². The van der Waals surface area contributed by atoms with Gasteiger partial charge in [0.05, 0.1) is 29.7 Å². The largest absolute Gasteiger partial charge is 0.494 e. The fourth-order valence-electron chi connectivity index (χ4n) is 4.33. The third kappa shape index (κ3) is 5.54. The molecular formula is C27H27N3O8S. The molecule has 1 atom stereocenters. The minimum Gasteiger partial charge on any atom is -0.494 e. The van der Waals surface area contributed by atoms with Crippen LogP contribution in [0.5, 0.6) is 5.75 Å². The number of carbonyl (C=O) groups excluding carboxylic acids is 3. The molecule has 0 spiro atoms. The topological polar surface area (TPSA) is 143 Å². The Labute approximate surface area is 225 Å². The van der Waals surface area contributed by atoms with Gasteiger partial charge >= 0.3 is 0 Å². The van der Waals surface area contributed by atoms with Crippen LogP contribution in [0.4, 0.5) is 0 Å².